The van der Waals surface area contributed by atoms with Crippen molar-refractivity contribution in [3.63, 3.8) is 0 Å². The molecule has 0 aromatic heterocycles. The number of amides is 1. The normalized spacial score (nSPS) is 11.3. The van der Waals surface area contributed by atoms with Gasteiger partial charge in [-0.25, -0.2) is 5.06 Å². The molecule has 0 aliphatic heterocycles. The lowest BCUT2D eigenvalue weighted by Crippen LogP contribution is -2.54. The number of unbranched alkanes of at least 4 members (excludes halogenated alkanes) is 9. The summed E-state index contributed by atoms with van der Waals surface area (Å²) in [6.45, 7) is 11.4. The van der Waals surface area contributed by atoms with E-state index in [1.807, 2.05) is 27.7 Å². The van der Waals surface area contributed by atoms with Gasteiger partial charge in [0.1, 0.15) is 0 Å². The van der Waals surface area contributed by atoms with E-state index in [0.29, 0.717) is 33.0 Å². The molecule has 29 heavy (non-hydrogen) atoms. The van der Waals surface area contributed by atoms with Crippen LogP contribution in [-0.2, 0) is 23.8 Å². The van der Waals surface area contributed by atoms with Gasteiger partial charge in [0.25, 0.3) is 0 Å². The Hall–Kier alpha value is -0.400. The fraction of sp³-hybridized carbons (Fsp3) is 0.955. The predicted molar refractivity (Wildman–Crippen MR) is 120 cm³/mol. The zero-order chi connectivity index (χ0) is 21.1. The lowest BCUT2D eigenvalue weighted by Gasteiger charge is -2.34. The van der Waals surface area contributed by atoms with Crippen molar-refractivity contribution in [2.24, 2.45) is 0 Å². The smallest absolute Gasteiger partial charge is 0.320 e. The second-order valence-corrected chi connectivity index (χ2v) is 6.86. The third-order valence-electron chi connectivity index (χ3n) is 4.49. The van der Waals surface area contributed by atoms with Crippen molar-refractivity contribution in [2.75, 3.05) is 33.0 Å². The SMILES string of the molecule is CCCCCCCCCCCCN(OCC)C(=O)C(OCC)(OCC)OCC.Cl. The van der Waals surface area contributed by atoms with Crippen LogP contribution in [0.15, 0.2) is 0 Å². The Kier molecular flexibility index (Phi) is 22.1. The molecule has 0 aliphatic rings. The average molecular weight is 440 g/mol. The van der Waals surface area contributed by atoms with E-state index in [9.17, 15) is 4.79 Å². The van der Waals surface area contributed by atoms with Crippen molar-refractivity contribution < 1.29 is 23.8 Å². The molecule has 0 atom stereocenters. The van der Waals surface area contributed by atoms with E-state index in [2.05, 4.69) is 6.92 Å². The summed E-state index contributed by atoms with van der Waals surface area (Å²) in [7, 11) is 0. The maximum absolute atomic E-state index is 13.0. The van der Waals surface area contributed by atoms with E-state index in [0.717, 1.165) is 12.8 Å². The summed E-state index contributed by atoms with van der Waals surface area (Å²) >= 11 is 0. The van der Waals surface area contributed by atoms with Gasteiger partial charge in [-0.15, -0.1) is 12.4 Å². The zero-order valence-electron chi connectivity index (χ0n) is 19.5. The van der Waals surface area contributed by atoms with Crippen LogP contribution in [-0.4, -0.2) is 49.9 Å². The Morgan fingerprint density at radius 3 is 1.45 bits per heavy atom. The lowest BCUT2D eigenvalue weighted by atomic mass is 10.1. The molecule has 0 aliphatic carbocycles. The minimum atomic E-state index is -1.72. The van der Waals surface area contributed by atoms with Crippen LogP contribution < -0.4 is 0 Å². The Morgan fingerprint density at radius 1 is 0.655 bits per heavy atom. The van der Waals surface area contributed by atoms with Gasteiger partial charge in [0.2, 0.25) is 0 Å². The first kappa shape index (κ1) is 30.8. The van der Waals surface area contributed by atoms with E-state index >= 15 is 0 Å². The molecular formula is C22H46ClNO5. The maximum atomic E-state index is 13.0. The third-order valence-corrected chi connectivity index (χ3v) is 4.49. The molecule has 0 saturated heterocycles. The number of carbonyl (C=O) groups excluding carboxylic acids is 1. The second-order valence-electron chi connectivity index (χ2n) is 6.86. The van der Waals surface area contributed by atoms with Crippen molar-refractivity contribution in [3.05, 3.63) is 0 Å². The van der Waals surface area contributed by atoms with E-state index in [1.165, 1.54) is 56.4 Å². The van der Waals surface area contributed by atoms with E-state index in [-0.39, 0.29) is 12.4 Å². The highest BCUT2D eigenvalue weighted by molar-refractivity contribution is 5.85. The molecule has 6 nitrogen and oxygen atoms in total. The molecular weight excluding hydrogens is 394 g/mol. The van der Waals surface area contributed by atoms with Gasteiger partial charge in [-0.3, -0.25) is 9.63 Å². The largest absolute Gasteiger partial charge is 0.370 e. The van der Waals surface area contributed by atoms with E-state index < -0.39 is 11.9 Å². The predicted octanol–water partition coefficient (Wildman–Crippen LogP) is 5.87. The van der Waals surface area contributed by atoms with Gasteiger partial charge in [-0.05, 0) is 34.1 Å². The van der Waals surface area contributed by atoms with Crippen molar-refractivity contribution in [2.45, 2.75) is 105 Å². The highest BCUT2D eigenvalue weighted by atomic mass is 35.5. The lowest BCUT2D eigenvalue weighted by molar-refractivity contribution is -0.364. The standard InChI is InChI=1S/C22H45NO5.ClH/c1-6-11-12-13-14-15-16-17-18-19-20-23(28-10-5)21(24)22(25-7-2,26-8-3)27-9-4;/h6-20H2,1-5H3;1H. The number of rotatable bonds is 20. The first-order chi connectivity index (χ1) is 13.6. The van der Waals surface area contributed by atoms with Crippen LogP contribution in [0.2, 0.25) is 0 Å². The summed E-state index contributed by atoms with van der Waals surface area (Å²) in [4.78, 5) is 18.6. The maximum Gasteiger partial charge on any atom is 0.370 e. The Bertz CT molecular complexity index is 354. The molecule has 0 rings (SSSR count). The number of hydrogen-bond acceptors (Lipinski definition) is 5. The third kappa shape index (κ3) is 13.5. The molecule has 0 unspecified atom stereocenters. The average Bonchev–Trinajstić information content (AvgIpc) is 2.68. The first-order valence-corrected chi connectivity index (χ1v) is 11.5. The summed E-state index contributed by atoms with van der Waals surface area (Å²) in [5, 5.41) is 1.35. The summed E-state index contributed by atoms with van der Waals surface area (Å²) in [6.07, 6.45) is 12.4. The fourth-order valence-electron chi connectivity index (χ4n) is 3.16. The molecule has 0 bridgehead atoms. The van der Waals surface area contributed by atoms with Gasteiger partial charge in [0, 0.05) is 6.54 Å². The van der Waals surface area contributed by atoms with Gasteiger partial charge in [0.15, 0.2) is 0 Å². The number of halogens is 1. The van der Waals surface area contributed by atoms with Crippen LogP contribution in [0.4, 0.5) is 0 Å². The number of hydrogen-bond donors (Lipinski definition) is 0. The Labute approximate surface area is 185 Å². The van der Waals surface area contributed by atoms with Crippen molar-refractivity contribution >= 4 is 18.3 Å². The van der Waals surface area contributed by atoms with Gasteiger partial charge in [0.05, 0.1) is 26.4 Å². The molecule has 0 spiro atoms. The number of ether oxygens (including phenoxy) is 3. The van der Waals surface area contributed by atoms with Crippen LogP contribution in [0.5, 0.6) is 0 Å². The van der Waals surface area contributed by atoms with Gasteiger partial charge < -0.3 is 14.2 Å². The Morgan fingerprint density at radius 2 is 1.07 bits per heavy atom. The molecule has 0 N–H and O–H groups in total. The zero-order valence-corrected chi connectivity index (χ0v) is 20.3. The summed E-state index contributed by atoms with van der Waals surface area (Å²) < 4.78 is 16.8. The van der Waals surface area contributed by atoms with Crippen molar-refractivity contribution in [1.29, 1.82) is 0 Å². The highest BCUT2D eigenvalue weighted by Gasteiger charge is 2.45. The second kappa shape index (κ2) is 20.9. The molecule has 0 radical (unpaired) electrons. The number of hydroxylamine groups is 2. The molecule has 1 amide bonds. The first-order valence-electron chi connectivity index (χ1n) is 11.5. The van der Waals surface area contributed by atoms with Gasteiger partial charge in [-0.1, -0.05) is 64.7 Å². The highest BCUT2D eigenvalue weighted by Crippen LogP contribution is 2.21. The van der Waals surface area contributed by atoms with Crippen molar-refractivity contribution in [3.8, 4) is 0 Å². The van der Waals surface area contributed by atoms with E-state index in [1.54, 1.807) is 0 Å². The summed E-state index contributed by atoms with van der Waals surface area (Å²) in [5.74, 6) is -2.14. The van der Waals surface area contributed by atoms with Crippen molar-refractivity contribution in [1.82, 2.24) is 5.06 Å². The van der Waals surface area contributed by atoms with Gasteiger partial charge in [-0.2, -0.15) is 0 Å². The van der Waals surface area contributed by atoms with Crippen LogP contribution in [0.3, 0.4) is 0 Å². The molecule has 7 heteroatoms. The molecule has 176 valence electrons. The summed E-state index contributed by atoms with van der Waals surface area (Å²) in [6, 6.07) is 0. The summed E-state index contributed by atoms with van der Waals surface area (Å²) in [5.41, 5.74) is 0. The van der Waals surface area contributed by atoms with Gasteiger partial charge >= 0.3 is 11.9 Å². The monoisotopic (exact) mass is 439 g/mol. The van der Waals surface area contributed by atoms with Crippen LogP contribution >= 0.6 is 12.4 Å². The fourth-order valence-corrected chi connectivity index (χ4v) is 3.16. The number of nitrogens with zero attached hydrogens (tertiary/aromatic N) is 1. The minimum absolute atomic E-state index is 0. The van der Waals surface area contributed by atoms with Crippen LogP contribution in [0.25, 0.3) is 0 Å². The topological polar surface area (TPSA) is 57.2 Å². The quantitative estimate of drug-likeness (QED) is 0.135. The minimum Gasteiger partial charge on any atom is -0.320 e. The van der Waals surface area contributed by atoms with E-state index in [4.69, 9.17) is 19.0 Å². The van der Waals surface area contributed by atoms with Crippen LogP contribution in [0, 0.1) is 0 Å². The molecule has 0 fully saturated rings. The molecule has 0 aromatic carbocycles. The molecule has 0 heterocycles. The van der Waals surface area contributed by atoms with Crippen LogP contribution in [0.1, 0.15) is 98.8 Å². The molecule has 0 saturated carbocycles. The number of carbonyl (C=O) groups is 1. The molecule has 0 aromatic rings. The Balaban J connectivity index is 0.